The second kappa shape index (κ2) is 6.17. The van der Waals surface area contributed by atoms with Gasteiger partial charge in [0.2, 0.25) is 11.8 Å². The molecule has 0 aliphatic carbocycles. The fourth-order valence-electron chi connectivity index (χ4n) is 3.58. The molecule has 0 saturated carbocycles. The van der Waals surface area contributed by atoms with Crippen molar-refractivity contribution in [3.05, 3.63) is 59.3 Å². The average Bonchev–Trinajstić information content (AvgIpc) is 3.39. The first-order valence-corrected chi connectivity index (χ1v) is 8.69. The Labute approximate surface area is 169 Å². The van der Waals surface area contributed by atoms with Crippen LogP contribution in [0.25, 0.3) is 21.5 Å². The Morgan fingerprint density at radius 3 is 2.03 bits per heavy atom. The van der Waals surface area contributed by atoms with Gasteiger partial charge in [-0.2, -0.15) is 21.0 Å². The van der Waals surface area contributed by atoms with Gasteiger partial charge in [0.1, 0.15) is 24.3 Å². The Kier molecular flexibility index (Phi) is 3.49. The lowest BCUT2D eigenvalue weighted by Crippen LogP contribution is -2.00. The summed E-state index contributed by atoms with van der Waals surface area (Å²) in [4.78, 5) is 0. The summed E-state index contributed by atoms with van der Waals surface area (Å²) in [6.07, 6.45) is 0. The Morgan fingerprint density at radius 2 is 1.33 bits per heavy atom. The lowest BCUT2D eigenvalue weighted by molar-refractivity contribution is 0.455. The zero-order chi connectivity index (χ0) is 20.8. The zero-order valence-corrected chi connectivity index (χ0v) is 15.1. The van der Waals surface area contributed by atoms with Crippen LogP contribution >= 0.6 is 0 Å². The number of nitrogens with zero attached hydrogens (tertiary/aromatic N) is 4. The number of rotatable bonds is 0. The van der Waals surface area contributed by atoms with E-state index in [4.69, 9.17) is 30.5 Å². The molecule has 2 aliphatic heterocycles. The summed E-state index contributed by atoms with van der Waals surface area (Å²) in [6.45, 7) is 0. The molecule has 2 aliphatic rings. The van der Waals surface area contributed by atoms with E-state index in [1.54, 1.807) is 12.1 Å². The molecule has 0 atom stereocenters. The lowest BCUT2D eigenvalue weighted by Gasteiger charge is -2.09. The number of hydrogen-bond acceptors (Lipinski definition) is 8. The van der Waals surface area contributed by atoms with Crippen molar-refractivity contribution in [1.29, 1.82) is 21.0 Å². The minimum atomic E-state index is -0.150. The number of nitriles is 4. The van der Waals surface area contributed by atoms with Crippen LogP contribution in [-0.2, 0) is 0 Å². The summed E-state index contributed by atoms with van der Waals surface area (Å²) in [6, 6.07) is 18.4. The highest BCUT2D eigenvalue weighted by Gasteiger charge is 2.27. The molecule has 0 spiro atoms. The minimum absolute atomic E-state index is 0.0940. The minimum Gasteiger partial charge on any atom is -0.437 e. The molecule has 0 radical (unpaired) electrons. The quantitative estimate of drug-likeness (QED) is 0.433. The molecule has 0 bridgehead atoms. The lowest BCUT2D eigenvalue weighted by atomic mass is 9.99. The predicted octanol–water partition coefficient (Wildman–Crippen LogP) is 4.12. The topological polar surface area (TPSA) is 138 Å². The normalized spacial score (nSPS) is 12.8. The molecular weight excluding hydrogens is 380 g/mol. The molecule has 2 N–H and O–H groups in total. The smallest absolute Gasteiger partial charge is 0.226 e. The van der Waals surface area contributed by atoms with Gasteiger partial charge in [-0.25, -0.2) is 0 Å². The highest BCUT2D eigenvalue weighted by Crippen LogP contribution is 2.47. The predicted molar refractivity (Wildman–Crippen MR) is 106 cm³/mol. The maximum atomic E-state index is 9.14. The van der Waals surface area contributed by atoms with E-state index in [-0.39, 0.29) is 22.9 Å². The molecule has 8 nitrogen and oxygen atoms in total. The Morgan fingerprint density at radius 1 is 0.700 bits per heavy atom. The van der Waals surface area contributed by atoms with E-state index in [1.807, 2.05) is 48.5 Å². The van der Waals surface area contributed by atoms with Gasteiger partial charge in [0.15, 0.2) is 22.6 Å². The van der Waals surface area contributed by atoms with E-state index in [0.29, 0.717) is 22.9 Å². The number of nitrogens with one attached hydrogen (secondary N) is 2. The van der Waals surface area contributed by atoms with E-state index in [2.05, 4.69) is 10.6 Å². The van der Waals surface area contributed by atoms with Crippen molar-refractivity contribution < 1.29 is 9.47 Å². The second-order valence-corrected chi connectivity index (χ2v) is 6.45. The van der Waals surface area contributed by atoms with Crippen molar-refractivity contribution >= 4 is 32.9 Å². The number of fused-ring (bicyclic) bond motifs is 7. The van der Waals surface area contributed by atoms with Crippen LogP contribution in [0.2, 0.25) is 0 Å². The summed E-state index contributed by atoms with van der Waals surface area (Å²) in [7, 11) is 0. The second-order valence-electron chi connectivity index (χ2n) is 6.45. The molecule has 5 rings (SSSR count). The molecule has 8 heteroatoms. The molecule has 30 heavy (non-hydrogen) atoms. The van der Waals surface area contributed by atoms with Crippen molar-refractivity contribution in [3.8, 4) is 35.8 Å². The number of anilines is 2. The fourth-order valence-corrected chi connectivity index (χ4v) is 3.58. The maximum absolute atomic E-state index is 9.14. The van der Waals surface area contributed by atoms with Crippen LogP contribution in [0.3, 0.4) is 0 Å². The zero-order valence-electron chi connectivity index (χ0n) is 15.1. The van der Waals surface area contributed by atoms with E-state index in [1.165, 1.54) is 0 Å². The SMILES string of the molecule is N#CC(C#N)=C1Nc2c(ccc3ccc4c5c(ccc4c23)NC(=C(C#N)C#N)O5)O1. The van der Waals surface area contributed by atoms with Crippen LogP contribution in [0.4, 0.5) is 11.4 Å². The first-order chi connectivity index (χ1) is 14.7. The van der Waals surface area contributed by atoms with Gasteiger partial charge < -0.3 is 20.1 Å². The summed E-state index contributed by atoms with van der Waals surface area (Å²) < 4.78 is 11.5. The van der Waals surface area contributed by atoms with Gasteiger partial charge in [-0.15, -0.1) is 0 Å². The number of allylic oxidation sites excluding steroid dienone is 2. The van der Waals surface area contributed by atoms with Crippen LogP contribution in [0.15, 0.2) is 59.3 Å². The molecule has 0 amide bonds. The Bertz CT molecular complexity index is 1510. The summed E-state index contributed by atoms with van der Waals surface area (Å²) in [5.41, 5.74) is 0.996. The highest BCUT2D eigenvalue weighted by atomic mass is 16.5. The standard InChI is InChI=1S/C22H8N6O2/c23-7-12(8-24)21-27-16-5-4-14-15(20(16)30-21)3-1-11-2-6-17-19(18(11)14)28-22(29-17)13(9-25)10-26/h1-6,27-28H. The van der Waals surface area contributed by atoms with Crippen LogP contribution in [0.5, 0.6) is 11.5 Å². The molecule has 0 saturated heterocycles. The van der Waals surface area contributed by atoms with Gasteiger partial charge in [0, 0.05) is 10.8 Å². The first-order valence-electron chi connectivity index (χ1n) is 8.69. The Balaban J connectivity index is 1.76. The third-order valence-corrected chi connectivity index (χ3v) is 4.90. The molecule has 138 valence electrons. The summed E-state index contributed by atoms with van der Waals surface area (Å²) >= 11 is 0. The molecule has 3 aromatic rings. The average molecular weight is 388 g/mol. The Hall–Kier alpha value is -5.18. The number of benzene rings is 3. The largest absolute Gasteiger partial charge is 0.437 e. The molecular formula is C22H8N6O2. The fraction of sp³-hybridized carbons (Fsp3) is 0. The van der Waals surface area contributed by atoms with Crippen LogP contribution in [-0.4, -0.2) is 0 Å². The summed E-state index contributed by atoms with van der Waals surface area (Å²) in [5, 5.41) is 45.9. The van der Waals surface area contributed by atoms with E-state index >= 15 is 0 Å². The molecule has 0 fully saturated rings. The third-order valence-electron chi connectivity index (χ3n) is 4.90. The van der Waals surface area contributed by atoms with Gasteiger partial charge in [0.25, 0.3) is 0 Å². The van der Waals surface area contributed by atoms with Gasteiger partial charge in [-0.1, -0.05) is 18.2 Å². The van der Waals surface area contributed by atoms with Crippen LogP contribution in [0, 0.1) is 45.3 Å². The van der Waals surface area contributed by atoms with Gasteiger partial charge >= 0.3 is 0 Å². The van der Waals surface area contributed by atoms with Crippen molar-refractivity contribution in [2.45, 2.75) is 0 Å². The molecule has 0 aromatic heterocycles. The van der Waals surface area contributed by atoms with Crippen molar-refractivity contribution in [2.24, 2.45) is 0 Å². The number of ether oxygens (including phenoxy) is 2. The van der Waals surface area contributed by atoms with E-state index in [0.717, 1.165) is 21.5 Å². The van der Waals surface area contributed by atoms with Crippen molar-refractivity contribution in [2.75, 3.05) is 10.6 Å². The highest BCUT2D eigenvalue weighted by molar-refractivity contribution is 6.17. The molecule has 2 heterocycles. The van der Waals surface area contributed by atoms with Crippen molar-refractivity contribution in [1.82, 2.24) is 0 Å². The van der Waals surface area contributed by atoms with Gasteiger partial charge in [0.05, 0.1) is 11.4 Å². The van der Waals surface area contributed by atoms with E-state index < -0.39 is 0 Å². The third kappa shape index (κ3) is 2.23. The summed E-state index contributed by atoms with van der Waals surface area (Å²) in [5.74, 6) is 1.20. The van der Waals surface area contributed by atoms with Gasteiger partial charge in [-0.05, 0) is 29.0 Å². The molecule has 3 aromatic carbocycles. The molecule has 0 unspecified atom stereocenters. The first kappa shape index (κ1) is 17.0. The monoisotopic (exact) mass is 388 g/mol. The van der Waals surface area contributed by atoms with Crippen LogP contribution < -0.4 is 20.1 Å². The van der Waals surface area contributed by atoms with Crippen LogP contribution in [0.1, 0.15) is 0 Å². The van der Waals surface area contributed by atoms with E-state index in [9.17, 15) is 0 Å². The maximum Gasteiger partial charge on any atom is 0.226 e. The van der Waals surface area contributed by atoms with Crippen molar-refractivity contribution in [3.63, 3.8) is 0 Å². The van der Waals surface area contributed by atoms with Gasteiger partial charge in [-0.3, -0.25) is 0 Å². The number of hydrogen-bond donors (Lipinski definition) is 2.